The van der Waals surface area contributed by atoms with Crippen LogP contribution < -0.4 is 0 Å². The fourth-order valence-corrected chi connectivity index (χ4v) is 9.28. The van der Waals surface area contributed by atoms with Gasteiger partial charge in [-0.1, -0.05) is 0 Å². The SMILES string of the molecule is CCCCC1=Cc2c(ccc(CCC)c2-c2cc(C(F)(F)F)cc(C(F)(F)F)c2)[CH]1[Zr]([CH3])[CH3]. The molecule has 0 bridgehead atoms. The fourth-order valence-electron chi connectivity index (χ4n) is 4.75. The van der Waals surface area contributed by atoms with E-state index in [1.165, 1.54) is 5.57 Å². The van der Waals surface area contributed by atoms with E-state index < -0.39 is 45.2 Å². The number of hydrogen-bond acceptors (Lipinski definition) is 0. The van der Waals surface area contributed by atoms with Gasteiger partial charge < -0.3 is 0 Å². The van der Waals surface area contributed by atoms with E-state index in [1.54, 1.807) is 0 Å². The van der Waals surface area contributed by atoms with Gasteiger partial charge in [0.2, 0.25) is 0 Å². The maximum absolute atomic E-state index is 13.6. The molecule has 0 amide bonds. The molecule has 1 aliphatic rings. The summed E-state index contributed by atoms with van der Waals surface area (Å²) < 4.78 is 86.3. The Morgan fingerprint density at radius 1 is 0.818 bits per heavy atom. The summed E-state index contributed by atoms with van der Waals surface area (Å²) in [7, 11) is 0. The normalized spacial score (nSPS) is 16.1. The van der Waals surface area contributed by atoms with Crippen LogP contribution in [0, 0.1) is 0 Å². The van der Waals surface area contributed by atoms with Gasteiger partial charge in [0.25, 0.3) is 0 Å². The molecule has 2 aromatic carbocycles. The fraction of sp³-hybridized carbons (Fsp3) is 0.462. The topological polar surface area (TPSA) is 0 Å². The van der Waals surface area contributed by atoms with Crippen LogP contribution in [0.15, 0.2) is 35.9 Å². The van der Waals surface area contributed by atoms with Crippen molar-refractivity contribution in [2.75, 3.05) is 0 Å². The Balaban J connectivity index is 2.33. The van der Waals surface area contributed by atoms with E-state index in [2.05, 4.69) is 28.3 Å². The molecule has 33 heavy (non-hydrogen) atoms. The maximum atomic E-state index is 13.6. The number of benzene rings is 2. The average molecular weight is 547 g/mol. The van der Waals surface area contributed by atoms with Crippen LogP contribution in [0.5, 0.6) is 0 Å². The second kappa shape index (κ2) is 10.1. The second-order valence-electron chi connectivity index (χ2n) is 8.98. The van der Waals surface area contributed by atoms with Crippen molar-refractivity contribution in [1.29, 1.82) is 0 Å². The number of hydrogen-bond donors (Lipinski definition) is 0. The molecule has 0 heterocycles. The van der Waals surface area contributed by atoms with Gasteiger partial charge in [-0.3, -0.25) is 0 Å². The molecule has 7 heteroatoms. The third-order valence-electron chi connectivity index (χ3n) is 6.17. The summed E-state index contributed by atoms with van der Waals surface area (Å²) >= 11 is -1.83. The standard InChI is InChI=1S/C24H23F6.2CH3.Zr/c1-3-5-7-15-10-17-9-8-16(6-4-2)22(21(17)11-15)18-12-19(23(25,26)27)14-20(13-18)24(28,29)30;;;/h8-14H,3-7H2,1-2H3;2*1H3;. The first-order valence-corrected chi connectivity index (χ1v) is 17.7. The molecule has 0 fully saturated rings. The first-order chi connectivity index (χ1) is 15.4. The summed E-state index contributed by atoms with van der Waals surface area (Å²) in [5, 5.41) is 0. The van der Waals surface area contributed by atoms with Crippen molar-refractivity contribution in [2.45, 2.75) is 71.2 Å². The van der Waals surface area contributed by atoms with E-state index in [4.69, 9.17) is 0 Å². The van der Waals surface area contributed by atoms with E-state index in [1.807, 2.05) is 13.0 Å². The minimum absolute atomic E-state index is 0.00143. The molecule has 0 aromatic heterocycles. The number of aryl methyl sites for hydroxylation is 1. The molecule has 1 atom stereocenters. The van der Waals surface area contributed by atoms with Crippen molar-refractivity contribution in [1.82, 2.24) is 0 Å². The zero-order valence-corrected chi connectivity index (χ0v) is 21.8. The summed E-state index contributed by atoms with van der Waals surface area (Å²) in [4.78, 5) is 0. The Hall–Kier alpha value is -1.36. The minimum atomic E-state index is -4.86. The van der Waals surface area contributed by atoms with Gasteiger partial charge in [0.05, 0.1) is 0 Å². The van der Waals surface area contributed by atoms with Crippen molar-refractivity contribution in [3.05, 3.63) is 63.7 Å². The number of fused-ring (bicyclic) bond motifs is 1. The van der Waals surface area contributed by atoms with E-state index in [-0.39, 0.29) is 11.6 Å². The van der Waals surface area contributed by atoms with Crippen molar-refractivity contribution in [3.8, 4) is 11.1 Å². The molecule has 0 nitrogen and oxygen atoms in total. The van der Waals surface area contributed by atoms with E-state index in [9.17, 15) is 26.3 Å². The number of unbranched alkanes of at least 4 members (excludes halogenated alkanes) is 1. The number of halogens is 6. The summed E-state index contributed by atoms with van der Waals surface area (Å²) in [6, 6.07) is 5.96. The van der Waals surface area contributed by atoms with Gasteiger partial charge in [0.1, 0.15) is 0 Å². The van der Waals surface area contributed by atoms with E-state index in [0.717, 1.165) is 54.5 Å². The van der Waals surface area contributed by atoms with Gasteiger partial charge >= 0.3 is 200 Å². The van der Waals surface area contributed by atoms with Gasteiger partial charge in [-0.05, 0) is 0 Å². The molecular formula is C26H29F6Zr. The number of alkyl halides is 6. The Morgan fingerprint density at radius 3 is 1.91 bits per heavy atom. The van der Waals surface area contributed by atoms with Gasteiger partial charge in [-0.2, -0.15) is 0 Å². The molecular weight excluding hydrogens is 517 g/mol. The molecule has 0 spiro atoms. The molecule has 1 unspecified atom stereocenters. The summed E-state index contributed by atoms with van der Waals surface area (Å²) in [5.74, 6) is 0. The predicted molar refractivity (Wildman–Crippen MR) is 118 cm³/mol. The zero-order chi connectivity index (χ0) is 24.6. The Bertz CT molecular complexity index is 998. The summed E-state index contributed by atoms with van der Waals surface area (Å²) in [5.41, 5.74) is 2.01. The van der Waals surface area contributed by atoms with Gasteiger partial charge in [-0.25, -0.2) is 0 Å². The molecule has 179 valence electrons. The Labute approximate surface area is 199 Å². The van der Waals surface area contributed by atoms with Crippen LogP contribution in [0.25, 0.3) is 17.2 Å². The van der Waals surface area contributed by atoms with Crippen molar-refractivity contribution in [2.24, 2.45) is 0 Å². The molecule has 1 aliphatic carbocycles. The van der Waals surface area contributed by atoms with E-state index in [0.29, 0.717) is 15.6 Å². The quantitative estimate of drug-likeness (QED) is 0.303. The second-order valence-corrected chi connectivity index (χ2v) is 15.7. The monoisotopic (exact) mass is 545 g/mol. The van der Waals surface area contributed by atoms with Crippen LogP contribution >= 0.6 is 0 Å². The van der Waals surface area contributed by atoms with Crippen LogP contribution in [0.3, 0.4) is 0 Å². The van der Waals surface area contributed by atoms with Crippen LogP contribution in [-0.2, 0) is 40.5 Å². The van der Waals surface area contributed by atoms with Crippen molar-refractivity contribution >= 4 is 6.08 Å². The number of allylic oxidation sites excluding steroid dienone is 1. The Kier molecular flexibility index (Phi) is 8.03. The molecule has 0 saturated heterocycles. The van der Waals surface area contributed by atoms with Crippen LogP contribution in [0.2, 0.25) is 9.26 Å². The van der Waals surface area contributed by atoms with Gasteiger partial charge in [-0.15, -0.1) is 0 Å². The Morgan fingerprint density at radius 2 is 1.42 bits per heavy atom. The zero-order valence-electron chi connectivity index (χ0n) is 19.3. The molecule has 0 N–H and O–H groups in total. The van der Waals surface area contributed by atoms with Gasteiger partial charge in [0.15, 0.2) is 0 Å². The molecule has 3 rings (SSSR count). The first kappa shape index (κ1) is 26.3. The third-order valence-corrected chi connectivity index (χ3v) is 10.7. The molecule has 2 aromatic rings. The van der Waals surface area contributed by atoms with Crippen molar-refractivity contribution in [3.63, 3.8) is 0 Å². The molecule has 0 aliphatic heterocycles. The predicted octanol–water partition coefficient (Wildman–Crippen LogP) is 9.69. The molecule has 0 radical (unpaired) electrons. The van der Waals surface area contributed by atoms with Crippen LogP contribution in [0.4, 0.5) is 26.3 Å². The van der Waals surface area contributed by atoms with Crippen LogP contribution in [-0.4, -0.2) is 0 Å². The van der Waals surface area contributed by atoms with Gasteiger partial charge in [0, 0.05) is 0 Å². The summed E-state index contributed by atoms with van der Waals surface area (Å²) in [6.45, 7) is 4.07. The summed E-state index contributed by atoms with van der Waals surface area (Å²) in [6.07, 6.45) is -3.35. The molecule has 0 saturated carbocycles. The average Bonchev–Trinajstić information content (AvgIpc) is 3.09. The first-order valence-electron chi connectivity index (χ1n) is 11.3. The van der Waals surface area contributed by atoms with Crippen LogP contribution in [0.1, 0.15) is 71.0 Å². The third kappa shape index (κ3) is 5.66. The van der Waals surface area contributed by atoms with E-state index >= 15 is 0 Å². The van der Waals surface area contributed by atoms with Crippen molar-refractivity contribution < 1.29 is 48.1 Å². The number of rotatable bonds is 7.